The third-order valence-corrected chi connectivity index (χ3v) is 5.32. The van der Waals surface area contributed by atoms with E-state index in [1.807, 2.05) is 0 Å². The van der Waals surface area contributed by atoms with Crippen molar-refractivity contribution in [2.75, 3.05) is 13.2 Å². The Morgan fingerprint density at radius 1 is 0.889 bits per heavy atom. The van der Waals surface area contributed by atoms with Crippen LogP contribution in [0.3, 0.4) is 0 Å². The first-order valence-corrected chi connectivity index (χ1v) is 8.56. The molecule has 0 amide bonds. The summed E-state index contributed by atoms with van der Waals surface area (Å²) in [4.78, 5) is 31.0. The van der Waals surface area contributed by atoms with Crippen molar-refractivity contribution in [1.82, 2.24) is 0 Å². The molecule has 0 rings (SSSR count). The molecule has 0 saturated heterocycles. The van der Waals surface area contributed by atoms with Crippen LogP contribution in [0.1, 0.15) is 13.8 Å². The Labute approximate surface area is 114 Å². The molecule has 1 atom stereocenters. The maximum atomic E-state index is 11.5. The largest absolute Gasteiger partial charge is 3.00 e. The Hall–Kier alpha value is 0.942. The number of hydrogen-bond donors (Lipinski definition) is 0. The van der Waals surface area contributed by atoms with Gasteiger partial charge in [0.2, 0.25) is 0 Å². The molecule has 0 N–H and O–H groups in total. The molecule has 10 nitrogen and oxygen atoms in total. The summed E-state index contributed by atoms with van der Waals surface area (Å²) in [5.41, 5.74) is 0. The van der Waals surface area contributed by atoms with Crippen LogP contribution in [0.15, 0.2) is 0 Å². The van der Waals surface area contributed by atoms with Gasteiger partial charge in [-0.05, 0) is 13.8 Å². The number of phosphoric ester groups is 1. The summed E-state index contributed by atoms with van der Waals surface area (Å²) in [5.74, 6) is 0. The Morgan fingerprint density at radius 3 is 1.56 bits per heavy atom. The topological polar surface area (TPSA) is 157 Å². The minimum absolute atomic E-state index is 0. The first kappa shape index (κ1) is 21.2. The van der Waals surface area contributed by atoms with Gasteiger partial charge in [0, 0.05) is 0 Å². The maximum absolute atomic E-state index is 11.5. The standard InChI is InChI=1S/C4H13O10P3.Al/c1-3-11-17(10,12-4-2)14-16(8,9)13-15(5,6)7;/h3-4H2,1-2H3,(H,8,9)(H2,5,6,7);/q;+3/p-3. The average Bonchev–Trinajstić information content (AvgIpc) is 1.96. The van der Waals surface area contributed by atoms with Gasteiger partial charge in [-0.15, -0.1) is 0 Å². The van der Waals surface area contributed by atoms with Gasteiger partial charge in [0.15, 0.2) is 0 Å². The van der Waals surface area contributed by atoms with E-state index in [0.717, 1.165) is 0 Å². The van der Waals surface area contributed by atoms with Crippen molar-refractivity contribution in [2.24, 2.45) is 0 Å². The molecule has 1 unspecified atom stereocenters. The Balaban J connectivity index is 0. The molecule has 0 aromatic carbocycles. The van der Waals surface area contributed by atoms with E-state index >= 15 is 0 Å². The van der Waals surface area contributed by atoms with Gasteiger partial charge in [-0.1, -0.05) is 0 Å². The van der Waals surface area contributed by atoms with Gasteiger partial charge in [0.05, 0.1) is 21.0 Å². The van der Waals surface area contributed by atoms with Crippen LogP contribution in [0.5, 0.6) is 0 Å². The molecule has 0 radical (unpaired) electrons. The van der Waals surface area contributed by atoms with E-state index in [0.29, 0.717) is 0 Å². The SMILES string of the molecule is CCOP(=O)(OCC)OP(=O)([O-])OP(=O)([O-])[O-].[Al+3]. The molecule has 104 valence electrons. The Morgan fingerprint density at radius 2 is 1.28 bits per heavy atom. The fourth-order valence-electron chi connectivity index (χ4n) is 0.660. The van der Waals surface area contributed by atoms with Crippen LogP contribution in [0.2, 0.25) is 0 Å². The first-order chi connectivity index (χ1) is 7.54. The van der Waals surface area contributed by atoms with Crippen molar-refractivity contribution in [3.05, 3.63) is 0 Å². The van der Waals surface area contributed by atoms with Crippen molar-refractivity contribution in [2.45, 2.75) is 13.8 Å². The number of phosphoric acid groups is 3. The summed E-state index contributed by atoms with van der Waals surface area (Å²) in [5, 5.41) is 0. The molecule has 0 aliphatic carbocycles. The van der Waals surface area contributed by atoms with Crippen LogP contribution in [0.25, 0.3) is 0 Å². The fourth-order valence-corrected chi connectivity index (χ4v) is 4.09. The quantitative estimate of drug-likeness (QED) is 0.402. The summed E-state index contributed by atoms with van der Waals surface area (Å²) in [6.07, 6.45) is 0. The van der Waals surface area contributed by atoms with Gasteiger partial charge in [-0.25, -0.2) is 8.88 Å². The molecular formula is C4H10AlO10P3. The first-order valence-electron chi connectivity index (χ1n) is 4.18. The molecule has 18 heavy (non-hydrogen) atoms. The van der Waals surface area contributed by atoms with E-state index in [9.17, 15) is 28.4 Å². The predicted octanol–water partition coefficient (Wildman–Crippen LogP) is -0.883. The zero-order valence-electron chi connectivity index (χ0n) is 9.42. The van der Waals surface area contributed by atoms with Gasteiger partial charge in [0.1, 0.15) is 0 Å². The van der Waals surface area contributed by atoms with Gasteiger partial charge in [0.25, 0.3) is 7.82 Å². The third-order valence-electron chi connectivity index (χ3n) is 0.974. The Kier molecular flexibility index (Phi) is 9.77. The van der Waals surface area contributed by atoms with Crippen LogP contribution in [0, 0.1) is 0 Å². The van der Waals surface area contributed by atoms with Gasteiger partial charge < -0.3 is 19.2 Å². The smallest absolute Gasteiger partial charge is 0.790 e. The van der Waals surface area contributed by atoms with Crippen LogP contribution >= 0.6 is 23.5 Å². The van der Waals surface area contributed by atoms with Crippen LogP contribution in [-0.2, 0) is 31.4 Å². The average molecular weight is 338 g/mol. The minimum atomic E-state index is -5.84. The summed E-state index contributed by atoms with van der Waals surface area (Å²) < 4.78 is 48.1. The van der Waals surface area contributed by atoms with Gasteiger partial charge >= 0.3 is 25.2 Å². The van der Waals surface area contributed by atoms with Gasteiger partial charge in [-0.3, -0.25) is 17.9 Å². The normalized spacial score (nSPS) is 15.8. The summed E-state index contributed by atoms with van der Waals surface area (Å²) in [6.45, 7) is 2.25. The van der Waals surface area contributed by atoms with Crippen LogP contribution in [-0.4, -0.2) is 30.6 Å². The second-order valence-electron chi connectivity index (χ2n) is 2.34. The van der Waals surface area contributed by atoms with Crippen molar-refractivity contribution in [1.29, 1.82) is 0 Å². The van der Waals surface area contributed by atoms with E-state index in [4.69, 9.17) is 0 Å². The maximum Gasteiger partial charge on any atom is 3.00 e. The molecule has 0 aromatic heterocycles. The predicted molar refractivity (Wildman–Crippen MR) is 54.0 cm³/mol. The second kappa shape index (κ2) is 8.28. The van der Waals surface area contributed by atoms with E-state index in [2.05, 4.69) is 17.7 Å². The summed E-state index contributed by atoms with van der Waals surface area (Å²) in [6, 6.07) is 0. The molecule has 0 aliphatic rings. The molecule has 0 bridgehead atoms. The van der Waals surface area contributed by atoms with E-state index in [1.54, 1.807) is 0 Å². The molecule has 0 heterocycles. The van der Waals surface area contributed by atoms with Gasteiger partial charge in [-0.2, -0.15) is 0 Å². The monoisotopic (exact) mass is 338 g/mol. The molecule has 0 fully saturated rings. The fraction of sp³-hybridized carbons (Fsp3) is 1.00. The minimum Gasteiger partial charge on any atom is -0.790 e. The summed E-state index contributed by atoms with van der Waals surface area (Å²) >= 11 is 0. The van der Waals surface area contributed by atoms with E-state index < -0.39 is 23.5 Å². The summed E-state index contributed by atoms with van der Waals surface area (Å²) in [7, 11) is -16.0. The molecule has 0 saturated carbocycles. The zero-order chi connectivity index (χ0) is 13.7. The molecule has 0 aliphatic heterocycles. The number of rotatable bonds is 8. The molecule has 0 spiro atoms. The van der Waals surface area contributed by atoms with Crippen LogP contribution in [0.4, 0.5) is 0 Å². The zero-order valence-corrected chi connectivity index (χ0v) is 13.3. The van der Waals surface area contributed by atoms with Crippen molar-refractivity contribution < 1.29 is 46.0 Å². The third kappa shape index (κ3) is 9.82. The van der Waals surface area contributed by atoms with Crippen molar-refractivity contribution in [3.8, 4) is 0 Å². The molecule has 14 heteroatoms. The van der Waals surface area contributed by atoms with E-state index in [-0.39, 0.29) is 30.6 Å². The van der Waals surface area contributed by atoms with Crippen molar-refractivity contribution >= 4 is 40.8 Å². The molecular weight excluding hydrogens is 328 g/mol. The molecule has 0 aromatic rings. The second-order valence-corrected chi connectivity index (χ2v) is 6.85. The number of hydrogen-bond acceptors (Lipinski definition) is 10. The Bertz CT molecular complexity index is 367. The van der Waals surface area contributed by atoms with Crippen LogP contribution < -0.4 is 14.7 Å². The van der Waals surface area contributed by atoms with E-state index in [1.165, 1.54) is 13.8 Å². The van der Waals surface area contributed by atoms with Crippen molar-refractivity contribution in [3.63, 3.8) is 0 Å².